The molecule has 1 aromatic heterocycles. The zero-order valence-corrected chi connectivity index (χ0v) is 8.12. The molecule has 0 aliphatic heterocycles. The molecule has 0 amide bonds. The molecule has 0 fully saturated rings. The minimum absolute atomic E-state index is 0.444. The maximum absolute atomic E-state index is 5.35. The summed E-state index contributed by atoms with van der Waals surface area (Å²) in [6.45, 7) is 4.28. The fourth-order valence-corrected chi connectivity index (χ4v) is 1.43. The molecule has 0 radical (unpaired) electrons. The first-order valence-electron chi connectivity index (χ1n) is 4.61. The molecule has 0 saturated heterocycles. The summed E-state index contributed by atoms with van der Waals surface area (Å²) in [6.07, 6.45) is 5.46. The van der Waals surface area contributed by atoms with Gasteiger partial charge in [-0.3, -0.25) is 4.98 Å². The third kappa shape index (κ3) is 2.15. The number of hydrogen-bond acceptors (Lipinski definition) is 4. The van der Waals surface area contributed by atoms with Crippen molar-refractivity contribution in [3.8, 4) is 0 Å². The molecular formula is C9H16N4. The van der Waals surface area contributed by atoms with E-state index in [0.29, 0.717) is 11.7 Å². The van der Waals surface area contributed by atoms with Gasteiger partial charge in [0.2, 0.25) is 0 Å². The van der Waals surface area contributed by atoms with Gasteiger partial charge in [0.25, 0.3) is 0 Å². The first-order chi connectivity index (χ1) is 6.33. The highest BCUT2D eigenvalue weighted by Crippen LogP contribution is 2.24. The van der Waals surface area contributed by atoms with Crippen molar-refractivity contribution in [2.45, 2.75) is 32.6 Å². The Hall–Kier alpha value is -1.16. The lowest BCUT2D eigenvalue weighted by Crippen LogP contribution is -2.13. The van der Waals surface area contributed by atoms with Crippen molar-refractivity contribution in [3.05, 3.63) is 18.1 Å². The fraction of sp³-hybridized carbons (Fsp3) is 0.556. The van der Waals surface area contributed by atoms with Crippen molar-refractivity contribution in [1.29, 1.82) is 0 Å². The summed E-state index contributed by atoms with van der Waals surface area (Å²) in [4.78, 5) is 8.40. The molecule has 4 heteroatoms. The van der Waals surface area contributed by atoms with E-state index >= 15 is 0 Å². The Morgan fingerprint density at radius 2 is 1.92 bits per heavy atom. The normalized spacial score (nSPS) is 10.5. The Bertz CT molecular complexity index is 258. The van der Waals surface area contributed by atoms with Gasteiger partial charge in [-0.15, -0.1) is 0 Å². The maximum atomic E-state index is 5.35. The largest absolute Gasteiger partial charge is 0.307 e. The summed E-state index contributed by atoms with van der Waals surface area (Å²) < 4.78 is 0. The maximum Gasteiger partial charge on any atom is 0.162 e. The van der Waals surface area contributed by atoms with E-state index in [0.717, 1.165) is 18.5 Å². The van der Waals surface area contributed by atoms with E-state index < -0.39 is 0 Å². The summed E-state index contributed by atoms with van der Waals surface area (Å²) in [5, 5.41) is 0. The summed E-state index contributed by atoms with van der Waals surface area (Å²) in [5.41, 5.74) is 3.54. The number of anilines is 1. The third-order valence-electron chi connectivity index (χ3n) is 2.24. The van der Waals surface area contributed by atoms with E-state index in [1.165, 1.54) is 0 Å². The number of rotatable bonds is 4. The molecule has 0 bridgehead atoms. The number of nitrogens with two attached hydrogens (primary N) is 1. The van der Waals surface area contributed by atoms with Gasteiger partial charge in [0.15, 0.2) is 5.82 Å². The zero-order valence-electron chi connectivity index (χ0n) is 8.12. The van der Waals surface area contributed by atoms with Crippen LogP contribution in [0.2, 0.25) is 0 Å². The van der Waals surface area contributed by atoms with Crippen molar-refractivity contribution in [2.24, 2.45) is 5.84 Å². The molecule has 72 valence electrons. The quantitative estimate of drug-likeness (QED) is 0.546. The first kappa shape index (κ1) is 9.92. The average molecular weight is 180 g/mol. The number of nitrogens with zero attached hydrogens (tertiary/aromatic N) is 2. The van der Waals surface area contributed by atoms with Gasteiger partial charge in [-0.25, -0.2) is 10.8 Å². The molecule has 3 N–H and O–H groups in total. The molecule has 0 aliphatic rings. The van der Waals surface area contributed by atoms with E-state index in [-0.39, 0.29) is 0 Å². The van der Waals surface area contributed by atoms with Crippen LogP contribution in [0.1, 0.15) is 38.3 Å². The monoisotopic (exact) mass is 180 g/mol. The fourth-order valence-electron chi connectivity index (χ4n) is 1.43. The molecule has 0 unspecified atom stereocenters. The van der Waals surface area contributed by atoms with Crippen molar-refractivity contribution in [2.75, 3.05) is 5.43 Å². The van der Waals surface area contributed by atoms with Crippen LogP contribution in [-0.2, 0) is 0 Å². The van der Waals surface area contributed by atoms with Crippen LogP contribution in [0.15, 0.2) is 12.4 Å². The summed E-state index contributed by atoms with van der Waals surface area (Å²) in [6, 6.07) is 0. The average Bonchev–Trinajstić information content (AvgIpc) is 2.20. The number of nitrogen functional groups attached to an aromatic ring is 1. The van der Waals surface area contributed by atoms with Crippen molar-refractivity contribution in [1.82, 2.24) is 9.97 Å². The number of hydrogen-bond donors (Lipinski definition) is 2. The van der Waals surface area contributed by atoms with Crippen molar-refractivity contribution < 1.29 is 0 Å². The topological polar surface area (TPSA) is 63.8 Å². The van der Waals surface area contributed by atoms with Gasteiger partial charge in [0.1, 0.15) is 0 Å². The minimum atomic E-state index is 0.444. The standard InChI is InChI=1S/C9H16N4/c1-3-7(4-2)8-9(13-10)12-6-5-11-8/h5-7H,3-4,10H2,1-2H3,(H,12,13). The summed E-state index contributed by atoms with van der Waals surface area (Å²) in [5.74, 6) is 6.48. The predicted octanol–water partition coefficient (Wildman–Crippen LogP) is 1.67. The van der Waals surface area contributed by atoms with Crippen molar-refractivity contribution >= 4 is 5.82 Å². The van der Waals surface area contributed by atoms with Crippen LogP contribution in [0.5, 0.6) is 0 Å². The molecular weight excluding hydrogens is 164 g/mol. The molecule has 1 heterocycles. The van der Waals surface area contributed by atoms with E-state index in [1.54, 1.807) is 12.4 Å². The van der Waals surface area contributed by atoms with Gasteiger partial charge in [-0.1, -0.05) is 13.8 Å². The Morgan fingerprint density at radius 1 is 1.31 bits per heavy atom. The molecule has 1 aromatic rings. The van der Waals surface area contributed by atoms with Gasteiger partial charge < -0.3 is 5.43 Å². The number of nitrogens with one attached hydrogen (secondary N) is 1. The van der Waals surface area contributed by atoms with Crippen LogP contribution >= 0.6 is 0 Å². The van der Waals surface area contributed by atoms with E-state index in [4.69, 9.17) is 5.84 Å². The second-order valence-corrected chi connectivity index (χ2v) is 2.95. The van der Waals surface area contributed by atoms with Crippen LogP contribution in [0.3, 0.4) is 0 Å². The van der Waals surface area contributed by atoms with Crippen LogP contribution in [0, 0.1) is 0 Å². The lowest BCUT2D eigenvalue weighted by atomic mass is 9.99. The van der Waals surface area contributed by atoms with Crippen LogP contribution < -0.4 is 11.3 Å². The van der Waals surface area contributed by atoms with Gasteiger partial charge in [0, 0.05) is 18.3 Å². The second-order valence-electron chi connectivity index (χ2n) is 2.95. The Kier molecular flexibility index (Phi) is 3.64. The van der Waals surface area contributed by atoms with E-state index in [1.807, 2.05) is 0 Å². The van der Waals surface area contributed by atoms with Crippen LogP contribution in [0.4, 0.5) is 5.82 Å². The van der Waals surface area contributed by atoms with Crippen LogP contribution in [0.25, 0.3) is 0 Å². The lowest BCUT2D eigenvalue weighted by Gasteiger charge is -2.14. The second kappa shape index (κ2) is 4.77. The Balaban J connectivity index is 2.96. The highest BCUT2D eigenvalue weighted by atomic mass is 15.3. The van der Waals surface area contributed by atoms with Gasteiger partial charge >= 0.3 is 0 Å². The van der Waals surface area contributed by atoms with Crippen molar-refractivity contribution in [3.63, 3.8) is 0 Å². The molecule has 0 saturated carbocycles. The smallest absolute Gasteiger partial charge is 0.162 e. The molecule has 0 atom stereocenters. The Morgan fingerprint density at radius 3 is 2.46 bits per heavy atom. The number of aromatic nitrogens is 2. The third-order valence-corrected chi connectivity index (χ3v) is 2.24. The molecule has 13 heavy (non-hydrogen) atoms. The zero-order chi connectivity index (χ0) is 9.68. The molecule has 1 rings (SSSR count). The molecule has 0 aromatic carbocycles. The number of hydrazine groups is 1. The Labute approximate surface area is 78.6 Å². The highest BCUT2D eigenvalue weighted by Gasteiger charge is 2.13. The van der Waals surface area contributed by atoms with Crippen LogP contribution in [-0.4, -0.2) is 9.97 Å². The first-order valence-corrected chi connectivity index (χ1v) is 4.61. The van der Waals surface area contributed by atoms with E-state index in [9.17, 15) is 0 Å². The summed E-state index contributed by atoms with van der Waals surface area (Å²) >= 11 is 0. The molecule has 4 nitrogen and oxygen atoms in total. The molecule has 0 aliphatic carbocycles. The van der Waals surface area contributed by atoms with Gasteiger partial charge in [0.05, 0.1) is 5.69 Å². The highest BCUT2D eigenvalue weighted by molar-refractivity contribution is 5.39. The van der Waals surface area contributed by atoms with Gasteiger partial charge in [-0.05, 0) is 12.8 Å². The van der Waals surface area contributed by atoms with Gasteiger partial charge in [-0.2, -0.15) is 0 Å². The summed E-state index contributed by atoms with van der Waals surface area (Å²) in [7, 11) is 0. The molecule has 0 spiro atoms. The lowest BCUT2D eigenvalue weighted by molar-refractivity contribution is 0.621. The van der Waals surface area contributed by atoms with E-state index in [2.05, 4.69) is 29.2 Å². The predicted molar refractivity (Wildman–Crippen MR) is 53.2 cm³/mol. The minimum Gasteiger partial charge on any atom is -0.307 e. The SMILES string of the molecule is CCC(CC)c1nccnc1NN.